The van der Waals surface area contributed by atoms with E-state index in [0.717, 1.165) is 27.3 Å². The number of rotatable bonds is 8. The number of hydrogen-bond acceptors (Lipinski definition) is 5. The maximum atomic E-state index is 13.5. The summed E-state index contributed by atoms with van der Waals surface area (Å²) in [5.41, 5.74) is 4.89. The van der Waals surface area contributed by atoms with Crippen molar-refractivity contribution >= 4 is 29.1 Å². The standard InChI is InChI=1S/C38H32N2O5/c1-24-7-5-8-25(21-24)35(41)39-28-9-6-10-29(22-28)40-36(42)33-20-19-32(23-34(33)37(40)43)45-31-17-13-27(14-18-31)38(2,3)26-11-15-30(44-4)16-12-26/h5-23H,1-4H3,(H,39,41). The summed E-state index contributed by atoms with van der Waals surface area (Å²) in [4.78, 5) is 40.7. The van der Waals surface area contributed by atoms with Gasteiger partial charge in [-0.2, -0.15) is 0 Å². The zero-order chi connectivity index (χ0) is 31.7. The van der Waals surface area contributed by atoms with E-state index in [9.17, 15) is 14.4 Å². The molecular weight excluding hydrogens is 564 g/mol. The first kappa shape index (κ1) is 29.4. The minimum atomic E-state index is -0.459. The average molecular weight is 597 g/mol. The molecule has 3 amide bonds. The molecule has 1 aliphatic heterocycles. The number of benzene rings is 5. The van der Waals surface area contributed by atoms with Gasteiger partial charge in [0.25, 0.3) is 17.7 Å². The lowest BCUT2D eigenvalue weighted by Gasteiger charge is -2.26. The van der Waals surface area contributed by atoms with Gasteiger partial charge in [-0.1, -0.05) is 61.9 Å². The minimum absolute atomic E-state index is 0.241. The Labute approximate surface area is 262 Å². The zero-order valence-corrected chi connectivity index (χ0v) is 25.5. The van der Waals surface area contributed by atoms with E-state index < -0.39 is 11.8 Å². The Bertz CT molecular complexity index is 1930. The lowest BCUT2D eigenvalue weighted by atomic mass is 9.78. The molecule has 0 aliphatic carbocycles. The highest BCUT2D eigenvalue weighted by Gasteiger charge is 2.37. The Morgan fingerprint density at radius 2 is 1.31 bits per heavy atom. The van der Waals surface area contributed by atoms with Crippen LogP contribution in [0, 0.1) is 6.92 Å². The number of nitrogens with one attached hydrogen (secondary N) is 1. The van der Waals surface area contributed by atoms with Crippen molar-refractivity contribution < 1.29 is 23.9 Å². The van der Waals surface area contributed by atoms with Crippen molar-refractivity contribution in [2.45, 2.75) is 26.2 Å². The summed E-state index contributed by atoms with van der Waals surface area (Å²) < 4.78 is 11.4. The van der Waals surface area contributed by atoms with Gasteiger partial charge < -0.3 is 14.8 Å². The van der Waals surface area contributed by atoms with E-state index in [1.807, 2.05) is 55.5 Å². The molecule has 224 valence electrons. The van der Waals surface area contributed by atoms with Gasteiger partial charge in [-0.05, 0) is 90.8 Å². The molecule has 0 bridgehead atoms. The van der Waals surface area contributed by atoms with Crippen LogP contribution in [0.3, 0.4) is 0 Å². The molecule has 1 N–H and O–H groups in total. The van der Waals surface area contributed by atoms with E-state index >= 15 is 0 Å². The second-order valence-corrected chi connectivity index (χ2v) is 11.5. The minimum Gasteiger partial charge on any atom is -0.497 e. The molecule has 0 fully saturated rings. The van der Waals surface area contributed by atoms with Crippen LogP contribution in [0.1, 0.15) is 61.6 Å². The van der Waals surface area contributed by atoms with E-state index in [2.05, 4.69) is 31.3 Å². The van der Waals surface area contributed by atoms with Crippen molar-refractivity contribution in [1.29, 1.82) is 0 Å². The second-order valence-electron chi connectivity index (χ2n) is 11.5. The zero-order valence-electron chi connectivity index (χ0n) is 25.5. The first-order valence-electron chi connectivity index (χ1n) is 14.6. The fourth-order valence-electron chi connectivity index (χ4n) is 5.48. The van der Waals surface area contributed by atoms with Crippen molar-refractivity contribution in [3.63, 3.8) is 0 Å². The number of amides is 3. The lowest BCUT2D eigenvalue weighted by Crippen LogP contribution is -2.29. The third-order valence-corrected chi connectivity index (χ3v) is 8.12. The van der Waals surface area contributed by atoms with Gasteiger partial charge in [0.1, 0.15) is 17.2 Å². The lowest BCUT2D eigenvalue weighted by molar-refractivity contribution is 0.0925. The molecule has 5 aromatic rings. The number of fused-ring (bicyclic) bond motifs is 1. The van der Waals surface area contributed by atoms with E-state index in [-0.39, 0.29) is 22.4 Å². The highest BCUT2D eigenvalue weighted by atomic mass is 16.5. The third kappa shape index (κ3) is 5.80. The van der Waals surface area contributed by atoms with Crippen LogP contribution < -0.4 is 19.7 Å². The SMILES string of the molecule is COc1ccc(C(C)(C)c2ccc(Oc3ccc4c(c3)C(=O)N(c3cccc(NC(=O)c5cccc(C)c5)c3)C4=O)cc2)cc1. The quantitative estimate of drug-likeness (QED) is 0.183. The van der Waals surface area contributed by atoms with Crippen molar-refractivity contribution in [2.75, 3.05) is 17.3 Å². The summed E-state index contributed by atoms with van der Waals surface area (Å²) >= 11 is 0. The number of imide groups is 1. The van der Waals surface area contributed by atoms with Crippen LogP contribution in [-0.4, -0.2) is 24.8 Å². The molecule has 1 aliphatic rings. The summed E-state index contributed by atoms with van der Waals surface area (Å²) in [6.07, 6.45) is 0. The van der Waals surface area contributed by atoms with Crippen LogP contribution in [-0.2, 0) is 5.41 Å². The van der Waals surface area contributed by atoms with Gasteiger partial charge in [-0.15, -0.1) is 0 Å². The second kappa shape index (κ2) is 11.8. The van der Waals surface area contributed by atoms with Gasteiger partial charge in [0.2, 0.25) is 0 Å². The number of hydrogen-bond donors (Lipinski definition) is 1. The molecule has 6 rings (SSSR count). The normalized spacial score (nSPS) is 12.6. The van der Waals surface area contributed by atoms with Gasteiger partial charge in [0.05, 0.1) is 23.9 Å². The Morgan fingerprint density at radius 3 is 1.98 bits per heavy atom. The van der Waals surface area contributed by atoms with E-state index in [1.165, 1.54) is 0 Å². The Balaban J connectivity index is 1.17. The van der Waals surface area contributed by atoms with Crippen molar-refractivity contribution in [3.05, 3.63) is 149 Å². The largest absolute Gasteiger partial charge is 0.497 e. The van der Waals surface area contributed by atoms with Crippen molar-refractivity contribution in [3.8, 4) is 17.2 Å². The monoisotopic (exact) mass is 596 g/mol. The molecule has 0 saturated heterocycles. The van der Waals surface area contributed by atoms with Gasteiger partial charge in [-0.3, -0.25) is 14.4 Å². The molecule has 7 heteroatoms. The molecule has 0 spiro atoms. The summed E-state index contributed by atoms with van der Waals surface area (Å²) in [5.74, 6) is 0.685. The maximum absolute atomic E-state index is 13.5. The highest BCUT2D eigenvalue weighted by molar-refractivity contribution is 6.34. The number of nitrogens with zero attached hydrogens (tertiary/aromatic N) is 1. The smallest absolute Gasteiger partial charge is 0.266 e. The molecule has 0 unspecified atom stereocenters. The van der Waals surface area contributed by atoms with Crippen molar-refractivity contribution in [1.82, 2.24) is 0 Å². The Hall–Kier alpha value is -5.69. The molecule has 1 heterocycles. The fraction of sp³-hybridized carbons (Fsp3) is 0.132. The number of carbonyl (C=O) groups excluding carboxylic acids is 3. The van der Waals surface area contributed by atoms with E-state index in [1.54, 1.807) is 61.7 Å². The molecular formula is C38H32N2O5. The van der Waals surface area contributed by atoms with Crippen LogP contribution in [0.25, 0.3) is 0 Å². The van der Waals surface area contributed by atoms with Crippen molar-refractivity contribution in [2.24, 2.45) is 0 Å². The first-order chi connectivity index (χ1) is 21.6. The first-order valence-corrected chi connectivity index (χ1v) is 14.6. The predicted octanol–water partition coefficient (Wildman–Crippen LogP) is 8.17. The third-order valence-electron chi connectivity index (χ3n) is 8.12. The number of methoxy groups -OCH3 is 1. The van der Waals surface area contributed by atoms with Crippen LogP contribution in [0.5, 0.6) is 17.2 Å². The molecule has 0 atom stereocenters. The van der Waals surface area contributed by atoms with Crippen LogP contribution in [0.15, 0.2) is 115 Å². The molecule has 45 heavy (non-hydrogen) atoms. The predicted molar refractivity (Wildman–Crippen MR) is 175 cm³/mol. The summed E-state index contributed by atoms with van der Waals surface area (Å²) in [5, 5.41) is 2.85. The van der Waals surface area contributed by atoms with Crippen LogP contribution in [0.4, 0.5) is 11.4 Å². The number of anilines is 2. The molecule has 5 aromatic carbocycles. The summed E-state index contributed by atoms with van der Waals surface area (Å²) in [6, 6.07) is 34.7. The van der Waals surface area contributed by atoms with Gasteiger partial charge in [-0.25, -0.2) is 4.90 Å². The molecule has 7 nitrogen and oxygen atoms in total. The van der Waals surface area contributed by atoms with Gasteiger partial charge >= 0.3 is 0 Å². The fourth-order valence-corrected chi connectivity index (χ4v) is 5.48. The van der Waals surface area contributed by atoms with Gasteiger partial charge in [0, 0.05) is 16.7 Å². The number of aryl methyl sites for hydroxylation is 1. The number of carbonyl (C=O) groups is 3. The van der Waals surface area contributed by atoms with E-state index in [4.69, 9.17) is 9.47 Å². The summed E-state index contributed by atoms with van der Waals surface area (Å²) in [6.45, 7) is 6.23. The maximum Gasteiger partial charge on any atom is 0.266 e. The average Bonchev–Trinajstić information content (AvgIpc) is 3.30. The Morgan fingerprint density at radius 1 is 0.689 bits per heavy atom. The molecule has 0 radical (unpaired) electrons. The Kier molecular flexibility index (Phi) is 7.69. The van der Waals surface area contributed by atoms with Crippen LogP contribution in [0.2, 0.25) is 0 Å². The highest BCUT2D eigenvalue weighted by Crippen LogP contribution is 2.36. The molecule has 0 saturated carbocycles. The molecule has 0 aromatic heterocycles. The van der Waals surface area contributed by atoms with Gasteiger partial charge in [0.15, 0.2) is 0 Å². The number of ether oxygens (including phenoxy) is 2. The topological polar surface area (TPSA) is 84.9 Å². The summed E-state index contributed by atoms with van der Waals surface area (Å²) in [7, 11) is 1.65. The van der Waals surface area contributed by atoms with E-state index in [0.29, 0.717) is 28.4 Å². The van der Waals surface area contributed by atoms with Crippen LogP contribution >= 0.6 is 0 Å².